The third kappa shape index (κ3) is 5.71. The molecule has 0 aromatic carbocycles. The molecule has 0 unspecified atom stereocenters. The molecule has 0 aromatic rings. The predicted molar refractivity (Wildman–Crippen MR) is 42.1 cm³/mol. The number of hydrogen-bond acceptors (Lipinski definition) is 4. The third-order valence-electron chi connectivity index (χ3n) is 0.857. The highest BCUT2D eigenvalue weighted by Crippen LogP contribution is 1.87. The molecule has 0 aliphatic carbocycles. The van der Waals surface area contributed by atoms with Crippen LogP contribution in [0.2, 0.25) is 0 Å². The number of ether oxygens (including phenoxy) is 1. The lowest BCUT2D eigenvalue weighted by Crippen LogP contribution is -2.12. The Balaban J connectivity index is 3.87. The van der Waals surface area contributed by atoms with Crippen LogP contribution >= 0.6 is 0 Å². The van der Waals surface area contributed by atoms with Crippen molar-refractivity contribution in [3.8, 4) is 11.8 Å². The maximum absolute atomic E-state index is 10.7. The van der Waals surface area contributed by atoms with Crippen molar-refractivity contribution in [1.29, 1.82) is 0 Å². The number of aliphatic hydroxyl groups excluding tert-OH is 2. The Morgan fingerprint density at radius 1 is 1.58 bits per heavy atom. The van der Waals surface area contributed by atoms with Gasteiger partial charge >= 0.3 is 5.97 Å². The van der Waals surface area contributed by atoms with E-state index >= 15 is 0 Å². The van der Waals surface area contributed by atoms with Gasteiger partial charge in [-0.05, 0) is 13.8 Å². The molecule has 0 spiro atoms. The minimum Gasteiger partial charge on any atom is -0.453 e. The molecule has 4 nitrogen and oxygen atoms in total. The Labute approximate surface area is 71.2 Å². The molecule has 0 radical (unpaired) electrons. The smallest absolute Gasteiger partial charge is 0.384 e. The molecule has 0 aliphatic heterocycles. The molecule has 2 N–H and O–H groups in total. The van der Waals surface area contributed by atoms with Crippen molar-refractivity contribution in [3.05, 3.63) is 0 Å². The van der Waals surface area contributed by atoms with Gasteiger partial charge in [0.15, 0.2) is 0 Å². The molecule has 0 saturated heterocycles. The number of aliphatic hydroxyl groups is 2. The quantitative estimate of drug-likeness (QED) is 0.328. The second-order valence-electron chi connectivity index (χ2n) is 2.42. The summed E-state index contributed by atoms with van der Waals surface area (Å²) in [5, 5.41) is 17.0. The zero-order valence-electron chi connectivity index (χ0n) is 7.07. The van der Waals surface area contributed by atoms with Gasteiger partial charge in [-0.2, -0.15) is 0 Å². The van der Waals surface area contributed by atoms with Gasteiger partial charge in [0.2, 0.25) is 0 Å². The third-order valence-corrected chi connectivity index (χ3v) is 0.857. The van der Waals surface area contributed by atoms with Crippen molar-refractivity contribution in [2.45, 2.75) is 26.1 Å². The van der Waals surface area contributed by atoms with Gasteiger partial charge in [-0.1, -0.05) is 5.92 Å². The van der Waals surface area contributed by atoms with Crippen molar-refractivity contribution in [3.63, 3.8) is 0 Å². The molecule has 0 amide bonds. The number of carbonyl (C=O) groups is 1. The van der Waals surface area contributed by atoms with Crippen molar-refractivity contribution in [2.75, 3.05) is 6.61 Å². The van der Waals surface area contributed by atoms with Crippen LogP contribution in [-0.2, 0) is 9.53 Å². The van der Waals surface area contributed by atoms with Crippen LogP contribution in [0.5, 0.6) is 0 Å². The van der Waals surface area contributed by atoms with Crippen molar-refractivity contribution in [2.24, 2.45) is 0 Å². The van der Waals surface area contributed by atoms with Gasteiger partial charge in [0, 0.05) is 5.92 Å². The van der Waals surface area contributed by atoms with Crippen molar-refractivity contribution >= 4 is 5.97 Å². The van der Waals surface area contributed by atoms with Gasteiger partial charge in [-0.25, -0.2) is 4.79 Å². The average Bonchev–Trinajstić information content (AvgIpc) is 1.99. The van der Waals surface area contributed by atoms with Gasteiger partial charge in [0.1, 0.15) is 6.10 Å². The molecule has 0 bridgehead atoms. The maximum atomic E-state index is 10.7. The molecule has 0 aromatic heterocycles. The molecular formula is C8H12O4. The van der Waals surface area contributed by atoms with Crippen LogP contribution < -0.4 is 0 Å². The fraction of sp³-hybridized carbons (Fsp3) is 0.625. The maximum Gasteiger partial charge on any atom is 0.384 e. The van der Waals surface area contributed by atoms with Crippen LogP contribution in [-0.4, -0.2) is 35.0 Å². The molecule has 4 heteroatoms. The van der Waals surface area contributed by atoms with E-state index in [1.54, 1.807) is 13.8 Å². The molecule has 0 aliphatic rings. The van der Waals surface area contributed by atoms with Gasteiger partial charge in [0.05, 0.1) is 12.7 Å². The minimum atomic E-state index is -1.18. The Kier molecular flexibility index (Phi) is 5.09. The molecule has 0 rings (SSSR count). The molecular weight excluding hydrogens is 160 g/mol. The Bertz CT molecular complexity index is 199. The van der Waals surface area contributed by atoms with E-state index in [-0.39, 0.29) is 6.10 Å². The molecule has 0 saturated carbocycles. The van der Waals surface area contributed by atoms with Gasteiger partial charge < -0.3 is 14.9 Å². The normalized spacial score (nSPS) is 11.8. The summed E-state index contributed by atoms with van der Waals surface area (Å²) in [6.45, 7) is 2.91. The summed E-state index contributed by atoms with van der Waals surface area (Å²) in [6.07, 6.45) is -1.40. The summed E-state index contributed by atoms with van der Waals surface area (Å²) in [5.41, 5.74) is 0. The fourth-order valence-corrected chi connectivity index (χ4v) is 0.431. The van der Waals surface area contributed by atoms with Crippen molar-refractivity contribution in [1.82, 2.24) is 0 Å². The molecule has 0 fully saturated rings. The van der Waals surface area contributed by atoms with E-state index in [4.69, 9.17) is 10.2 Å². The molecule has 12 heavy (non-hydrogen) atoms. The van der Waals surface area contributed by atoms with Crippen LogP contribution in [0.3, 0.4) is 0 Å². The summed E-state index contributed by atoms with van der Waals surface area (Å²) in [4.78, 5) is 10.7. The first-order valence-corrected chi connectivity index (χ1v) is 3.57. The first-order chi connectivity index (χ1) is 5.56. The van der Waals surface area contributed by atoms with Crippen LogP contribution in [0.25, 0.3) is 0 Å². The summed E-state index contributed by atoms with van der Waals surface area (Å²) in [6, 6.07) is 0. The van der Waals surface area contributed by atoms with Crippen LogP contribution in [0.4, 0.5) is 0 Å². The van der Waals surface area contributed by atoms with Crippen LogP contribution in [0.15, 0.2) is 0 Å². The zero-order chi connectivity index (χ0) is 9.56. The summed E-state index contributed by atoms with van der Waals surface area (Å²) >= 11 is 0. The first-order valence-electron chi connectivity index (χ1n) is 3.57. The Hall–Kier alpha value is -1.05. The van der Waals surface area contributed by atoms with E-state index in [0.29, 0.717) is 0 Å². The monoisotopic (exact) mass is 172 g/mol. The SMILES string of the molecule is CC(C)OC(=O)C#C[C@H](O)CO. The number of esters is 1. The second-order valence-corrected chi connectivity index (χ2v) is 2.42. The summed E-state index contributed by atoms with van der Waals surface area (Å²) < 4.78 is 4.64. The first kappa shape index (κ1) is 11.0. The molecule has 0 heterocycles. The lowest BCUT2D eigenvalue weighted by Gasteiger charge is -2.02. The zero-order valence-corrected chi connectivity index (χ0v) is 7.07. The standard InChI is InChI=1S/C8H12O4/c1-6(2)12-8(11)4-3-7(10)5-9/h6-7,9-10H,5H2,1-2H3/t7-/m0/s1. The number of rotatable bonds is 2. The van der Waals surface area contributed by atoms with Crippen LogP contribution in [0, 0.1) is 11.8 Å². The van der Waals surface area contributed by atoms with E-state index < -0.39 is 18.7 Å². The average molecular weight is 172 g/mol. The number of hydrogen-bond donors (Lipinski definition) is 2. The fourth-order valence-electron chi connectivity index (χ4n) is 0.431. The van der Waals surface area contributed by atoms with E-state index in [1.165, 1.54) is 0 Å². The minimum absolute atomic E-state index is 0.224. The van der Waals surface area contributed by atoms with Gasteiger partial charge in [-0.3, -0.25) is 0 Å². The highest BCUT2D eigenvalue weighted by Gasteiger charge is 2.00. The molecule has 68 valence electrons. The highest BCUT2D eigenvalue weighted by molar-refractivity contribution is 5.88. The lowest BCUT2D eigenvalue weighted by atomic mass is 10.4. The Morgan fingerprint density at radius 2 is 2.17 bits per heavy atom. The van der Waals surface area contributed by atoms with E-state index in [9.17, 15) is 4.79 Å². The van der Waals surface area contributed by atoms with E-state index in [0.717, 1.165) is 0 Å². The molecule has 1 atom stereocenters. The van der Waals surface area contributed by atoms with Gasteiger partial charge in [0.25, 0.3) is 0 Å². The topological polar surface area (TPSA) is 66.8 Å². The largest absolute Gasteiger partial charge is 0.453 e. The van der Waals surface area contributed by atoms with Crippen LogP contribution in [0.1, 0.15) is 13.8 Å². The summed E-state index contributed by atoms with van der Waals surface area (Å²) in [7, 11) is 0. The van der Waals surface area contributed by atoms with Gasteiger partial charge in [-0.15, -0.1) is 0 Å². The lowest BCUT2D eigenvalue weighted by molar-refractivity contribution is -0.140. The van der Waals surface area contributed by atoms with E-state index in [1.807, 2.05) is 5.92 Å². The second kappa shape index (κ2) is 5.58. The number of carbonyl (C=O) groups excluding carboxylic acids is 1. The Morgan fingerprint density at radius 3 is 2.58 bits per heavy atom. The summed E-state index contributed by atoms with van der Waals surface area (Å²) in [5.74, 6) is 3.47. The predicted octanol–water partition coefficient (Wildman–Crippen LogP) is -0.705. The highest BCUT2D eigenvalue weighted by atomic mass is 16.5. The van der Waals surface area contributed by atoms with Crippen molar-refractivity contribution < 1.29 is 19.7 Å². The van der Waals surface area contributed by atoms with E-state index in [2.05, 4.69) is 10.7 Å².